The molecule has 0 aliphatic rings. The van der Waals surface area contributed by atoms with Gasteiger partial charge in [0.05, 0.1) is 12.5 Å². The van der Waals surface area contributed by atoms with E-state index in [-0.39, 0.29) is 29.7 Å². The van der Waals surface area contributed by atoms with Crippen LogP contribution in [-0.2, 0) is 9.53 Å². The summed E-state index contributed by atoms with van der Waals surface area (Å²) in [5.41, 5.74) is 1.40. The van der Waals surface area contributed by atoms with E-state index in [0.29, 0.717) is 12.1 Å². The molecule has 24 heavy (non-hydrogen) atoms. The lowest BCUT2D eigenvalue weighted by Gasteiger charge is -2.16. The monoisotopic (exact) mass is 327 g/mol. The number of hydrogen-bond donors (Lipinski definition) is 2. The second-order valence-corrected chi connectivity index (χ2v) is 5.31. The molecular weight excluding hydrogens is 306 g/mol. The molecular formula is C19H21NO4. The second-order valence-electron chi connectivity index (χ2n) is 5.31. The van der Waals surface area contributed by atoms with Crippen LogP contribution in [-0.4, -0.2) is 23.6 Å². The van der Waals surface area contributed by atoms with E-state index in [1.165, 1.54) is 12.1 Å². The van der Waals surface area contributed by atoms with Crippen LogP contribution in [0.15, 0.2) is 48.5 Å². The SMILES string of the molecule is CCOC(=O)c1cc(NC(=O)C(CC)c2ccccc2)ccc1O. The lowest BCUT2D eigenvalue weighted by Crippen LogP contribution is -2.21. The summed E-state index contributed by atoms with van der Waals surface area (Å²) < 4.78 is 4.90. The first kappa shape index (κ1) is 17.5. The van der Waals surface area contributed by atoms with Crippen molar-refractivity contribution in [2.24, 2.45) is 0 Å². The first-order valence-electron chi connectivity index (χ1n) is 7.92. The van der Waals surface area contributed by atoms with Crippen molar-refractivity contribution >= 4 is 17.6 Å². The maximum atomic E-state index is 12.5. The average Bonchev–Trinajstić information content (AvgIpc) is 2.58. The molecule has 0 heterocycles. The molecule has 0 bridgehead atoms. The van der Waals surface area contributed by atoms with Gasteiger partial charge in [0.15, 0.2) is 0 Å². The third-order valence-corrected chi connectivity index (χ3v) is 3.69. The molecule has 0 radical (unpaired) electrons. The highest BCUT2D eigenvalue weighted by molar-refractivity contribution is 5.98. The van der Waals surface area contributed by atoms with Gasteiger partial charge in [0.25, 0.3) is 0 Å². The molecule has 5 heteroatoms. The molecule has 5 nitrogen and oxygen atoms in total. The van der Waals surface area contributed by atoms with Gasteiger partial charge in [-0.05, 0) is 37.1 Å². The summed E-state index contributed by atoms with van der Waals surface area (Å²) in [6.07, 6.45) is 0.651. The molecule has 0 aliphatic carbocycles. The zero-order chi connectivity index (χ0) is 17.5. The van der Waals surface area contributed by atoms with Gasteiger partial charge < -0.3 is 15.2 Å². The first-order valence-corrected chi connectivity index (χ1v) is 7.92. The normalized spacial score (nSPS) is 11.6. The van der Waals surface area contributed by atoms with Crippen molar-refractivity contribution in [1.82, 2.24) is 0 Å². The molecule has 0 fully saturated rings. The van der Waals surface area contributed by atoms with Crippen molar-refractivity contribution in [2.75, 3.05) is 11.9 Å². The van der Waals surface area contributed by atoms with Crippen LogP contribution in [0.2, 0.25) is 0 Å². The van der Waals surface area contributed by atoms with Crippen molar-refractivity contribution in [3.05, 3.63) is 59.7 Å². The van der Waals surface area contributed by atoms with Gasteiger partial charge in [-0.3, -0.25) is 4.79 Å². The van der Waals surface area contributed by atoms with Gasteiger partial charge in [-0.15, -0.1) is 0 Å². The van der Waals surface area contributed by atoms with Crippen LogP contribution < -0.4 is 5.32 Å². The molecule has 0 spiro atoms. The summed E-state index contributed by atoms with van der Waals surface area (Å²) in [4.78, 5) is 24.4. The standard InChI is InChI=1S/C19H21NO4/c1-3-15(13-8-6-5-7-9-13)18(22)20-14-10-11-17(21)16(12-14)19(23)24-4-2/h5-12,15,21H,3-4H2,1-2H3,(H,20,22). The van der Waals surface area contributed by atoms with Crippen LogP contribution in [0.25, 0.3) is 0 Å². The smallest absolute Gasteiger partial charge is 0.341 e. The fraction of sp³-hybridized carbons (Fsp3) is 0.263. The van der Waals surface area contributed by atoms with Gasteiger partial charge in [0.1, 0.15) is 11.3 Å². The summed E-state index contributed by atoms with van der Waals surface area (Å²) >= 11 is 0. The van der Waals surface area contributed by atoms with Crippen LogP contribution in [0, 0.1) is 0 Å². The van der Waals surface area contributed by atoms with Crippen LogP contribution in [0.5, 0.6) is 5.75 Å². The topological polar surface area (TPSA) is 75.6 Å². The Morgan fingerprint density at radius 2 is 1.83 bits per heavy atom. The maximum absolute atomic E-state index is 12.5. The summed E-state index contributed by atoms with van der Waals surface area (Å²) in [7, 11) is 0. The number of carbonyl (C=O) groups excluding carboxylic acids is 2. The van der Waals surface area contributed by atoms with E-state index in [2.05, 4.69) is 5.32 Å². The predicted octanol–water partition coefficient (Wildman–Crippen LogP) is 3.70. The fourth-order valence-corrected chi connectivity index (χ4v) is 2.47. The van der Waals surface area contributed by atoms with E-state index in [4.69, 9.17) is 4.74 Å². The van der Waals surface area contributed by atoms with E-state index in [1.807, 2.05) is 37.3 Å². The second kappa shape index (κ2) is 8.15. The Morgan fingerprint density at radius 3 is 2.46 bits per heavy atom. The van der Waals surface area contributed by atoms with E-state index < -0.39 is 5.97 Å². The lowest BCUT2D eigenvalue weighted by atomic mass is 9.95. The first-order chi connectivity index (χ1) is 11.6. The Morgan fingerprint density at radius 1 is 1.12 bits per heavy atom. The number of hydrogen-bond acceptors (Lipinski definition) is 4. The zero-order valence-electron chi connectivity index (χ0n) is 13.8. The van der Waals surface area contributed by atoms with Gasteiger partial charge in [-0.1, -0.05) is 37.3 Å². The molecule has 2 rings (SSSR count). The largest absolute Gasteiger partial charge is 0.507 e. The number of ether oxygens (including phenoxy) is 1. The van der Waals surface area contributed by atoms with E-state index >= 15 is 0 Å². The summed E-state index contributed by atoms with van der Waals surface area (Å²) in [5.74, 6) is -1.25. The Hall–Kier alpha value is -2.82. The molecule has 0 saturated carbocycles. The summed E-state index contributed by atoms with van der Waals surface area (Å²) in [5, 5.41) is 12.6. The van der Waals surface area contributed by atoms with Crippen molar-refractivity contribution in [2.45, 2.75) is 26.2 Å². The minimum absolute atomic E-state index is 0.0300. The minimum atomic E-state index is -0.624. The molecule has 1 atom stereocenters. The van der Waals surface area contributed by atoms with Gasteiger partial charge in [-0.2, -0.15) is 0 Å². The molecule has 1 unspecified atom stereocenters. The van der Waals surface area contributed by atoms with Crippen molar-refractivity contribution in [3.8, 4) is 5.75 Å². The van der Waals surface area contributed by atoms with Gasteiger partial charge >= 0.3 is 5.97 Å². The molecule has 1 amide bonds. The summed E-state index contributed by atoms with van der Waals surface area (Å²) in [6, 6.07) is 13.8. The quantitative estimate of drug-likeness (QED) is 0.626. The third kappa shape index (κ3) is 4.13. The van der Waals surface area contributed by atoms with Crippen LogP contribution in [0.3, 0.4) is 0 Å². The Labute approximate surface area is 141 Å². The van der Waals surface area contributed by atoms with E-state index in [0.717, 1.165) is 5.56 Å². The Bertz CT molecular complexity index is 713. The molecule has 2 aromatic rings. The number of anilines is 1. The number of phenolic OH excluding ortho intramolecular Hbond substituents is 1. The lowest BCUT2D eigenvalue weighted by molar-refractivity contribution is -0.117. The predicted molar refractivity (Wildman–Crippen MR) is 92.2 cm³/mol. The Kier molecular flexibility index (Phi) is 5.95. The maximum Gasteiger partial charge on any atom is 0.341 e. The highest BCUT2D eigenvalue weighted by atomic mass is 16.5. The number of nitrogens with one attached hydrogen (secondary N) is 1. The number of esters is 1. The summed E-state index contributed by atoms with van der Waals surface area (Å²) in [6.45, 7) is 3.84. The molecule has 0 aliphatic heterocycles. The number of amides is 1. The highest BCUT2D eigenvalue weighted by Gasteiger charge is 2.20. The number of aromatic hydroxyl groups is 1. The third-order valence-electron chi connectivity index (χ3n) is 3.69. The fourth-order valence-electron chi connectivity index (χ4n) is 2.47. The molecule has 0 aromatic heterocycles. The molecule has 2 N–H and O–H groups in total. The average molecular weight is 327 g/mol. The molecule has 126 valence electrons. The number of benzene rings is 2. The van der Waals surface area contributed by atoms with E-state index in [9.17, 15) is 14.7 Å². The number of rotatable bonds is 6. The van der Waals surface area contributed by atoms with Crippen LogP contribution >= 0.6 is 0 Å². The molecule has 2 aromatic carbocycles. The van der Waals surface area contributed by atoms with E-state index in [1.54, 1.807) is 13.0 Å². The van der Waals surface area contributed by atoms with Crippen LogP contribution in [0.1, 0.15) is 42.1 Å². The van der Waals surface area contributed by atoms with Crippen molar-refractivity contribution in [1.29, 1.82) is 0 Å². The Balaban J connectivity index is 2.19. The van der Waals surface area contributed by atoms with Gasteiger partial charge in [0, 0.05) is 5.69 Å². The van der Waals surface area contributed by atoms with Gasteiger partial charge in [-0.25, -0.2) is 4.79 Å². The highest BCUT2D eigenvalue weighted by Crippen LogP contribution is 2.25. The minimum Gasteiger partial charge on any atom is -0.507 e. The number of carbonyl (C=O) groups is 2. The van der Waals surface area contributed by atoms with Gasteiger partial charge in [0.2, 0.25) is 5.91 Å². The molecule has 0 saturated heterocycles. The van der Waals surface area contributed by atoms with Crippen LogP contribution in [0.4, 0.5) is 5.69 Å². The number of phenols is 1. The zero-order valence-corrected chi connectivity index (χ0v) is 13.8. The van der Waals surface area contributed by atoms with Crippen molar-refractivity contribution in [3.63, 3.8) is 0 Å². The van der Waals surface area contributed by atoms with Crippen molar-refractivity contribution < 1.29 is 19.4 Å².